The number of hydrogen-bond acceptors (Lipinski definition) is 1. The van der Waals surface area contributed by atoms with Crippen molar-refractivity contribution in [2.45, 2.75) is 13.8 Å². The third-order valence-corrected chi connectivity index (χ3v) is 1.17. The fourth-order valence-electron chi connectivity index (χ4n) is 0.621. The number of aliphatic imine (C=N–C) groups is 1. The maximum atomic E-state index is 4.05. The molecule has 1 aliphatic heterocycles. The van der Waals surface area contributed by atoms with E-state index in [1.165, 1.54) is 11.5 Å². The van der Waals surface area contributed by atoms with E-state index in [1.54, 1.807) is 0 Å². The molecule has 1 aliphatic rings. The first-order valence-corrected chi connectivity index (χ1v) is 4.19. The standard InChI is InChI=1S/C8H10N.CH2.Cr.Li/c1-7-3-4-8(2)6-9-5-7;;;/h3-6H,1-2H3;1H2;;/q-1;;;. The third-order valence-electron chi connectivity index (χ3n) is 1.17. The minimum absolute atomic E-state index is 0. The van der Waals surface area contributed by atoms with Crippen LogP contribution in [0.15, 0.2) is 28.9 Å². The molecule has 3 heteroatoms. The van der Waals surface area contributed by atoms with Gasteiger partial charge in [0.05, 0.1) is 0 Å². The molecule has 0 aliphatic carbocycles. The molecule has 1 heterocycles. The summed E-state index contributed by atoms with van der Waals surface area (Å²) in [6, 6.07) is 0. The summed E-state index contributed by atoms with van der Waals surface area (Å²) in [6.07, 6.45) is 7.82. The van der Waals surface area contributed by atoms with Crippen LogP contribution in [0.3, 0.4) is 0 Å². The molecule has 1 nitrogen and oxygen atoms in total. The van der Waals surface area contributed by atoms with E-state index in [4.69, 9.17) is 0 Å². The molecule has 1 radical (unpaired) electrons. The van der Waals surface area contributed by atoms with Gasteiger partial charge in [-0.25, -0.2) is 12.2 Å². The van der Waals surface area contributed by atoms with Crippen molar-refractivity contribution < 1.29 is 15.9 Å². The van der Waals surface area contributed by atoms with E-state index < -0.39 is 0 Å². The summed E-state index contributed by atoms with van der Waals surface area (Å²) in [5, 5.41) is 3.12. The molecule has 0 aromatic heterocycles. The Hall–Kier alpha value is 0.0199. The topological polar surface area (TPSA) is 12.4 Å². The van der Waals surface area contributed by atoms with Gasteiger partial charge in [-0.1, -0.05) is 13.1 Å². The predicted molar refractivity (Wildman–Crippen MR) is 53.2 cm³/mol. The van der Waals surface area contributed by atoms with Crippen molar-refractivity contribution >= 4 is 30.5 Å². The number of rotatable bonds is 0. The van der Waals surface area contributed by atoms with Gasteiger partial charge >= 0.3 is 21.2 Å². The molecule has 1 rings (SSSR count). The number of hydrogen-bond donors (Lipinski definition) is 0. The maximum absolute atomic E-state index is 4.05. The van der Waals surface area contributed by atoms with Gasteiger partial charge in [0, 0.05) is 25.1 Å². The second-order valence-electron chi connectivity index (χ2n) is 2.23. The average molecular weight is 193 g/mol. The summed E-state index contributed by atoms with van der Waals surface area (Å²) >= 11 is 2.38. The largest absolute Gasteiger partial charge is 0 e. The van der Waals surface area contributed by atoms with Crippen LogP contribution in [-0.2, 0) is 15.9 Å². The van der Waals surface area contributed by atoms with Gasteiger partial charge in [0.2, 0.25) is 0 Å². The SMILES string of the molecule is CC1=CN=C[C-](C)C=C1.[CH2]=[Cr].[Li]. The predicted octanol–water partition coefficient (Wildman–Crippen LogP) is 1.71. The van der Waals surface area contributed by atoms with Gasteiger partial charge in [-0.05, 0) is 0 Å². The second-order valence-corrected chi connectivity index (χ2v) is 2.23. The summed E-state index contributed by atoms with van der Waals surface area (Å²) in [4.78, 5) is 4.05. The van der Waals surface area contributed by atoms with Crippen LogP contribution in [0.2, 0.25) is 0 Å². The molecular weight excluding hydrogens is 181 g/mol. The van der Waals surface area contributed by atoms with Crippen molar-refractivity contribution in [1.29, 1.82) is 0 Å². The average Bonchev–Trinajstić information content (AvgIpc) is 2.20. The van der Waals surface area contributed by atoms with Crippen LogP contribution in [0, 0.1) is 5.92 Å². The summed E-state index contributed by atoms with van der Waals surface area (Å²) in [5.41, 5.74) is 1.20. The van der Waals surface area contributed by atoms with Crippen molar-refractivity contribution in [3.8, 4) is 0 Å². The van der Waals surface area contributed by atoms with E-state index in [2.05, 4.69) is 38.4 Å². The molecule has 0 aromatic carbocycles. The Morgan fingerprint density at radius 1 is 1.50 bits per heavy atom. The zero-order valence-electron chi connectivity index (χ0n) is 7.87. The molecule has 0 N–H and O–H groups in total. The van der Waals surface area contributed by atoms with Gasteiger partial charge in [0.1, 0.15) is 0 Å². The van der Waals surface area contributed by atoms with E-state index in [9.17, 15) is 0 Å². The zero-order valence-corrected chi connectivity index (χ0v) is 9.15. The normalized spacial score (nSPS) is 13.5. The molecule has 12 heavy (non-hydrogen) atoms. The van der Waals surface area contributed by atoms with Gasteiger partial charge < -0.3 is 0 Å². The molecule has 0 unspecified atom stereocenters. The first kappa shape index (κ1) is 14.5. The summed E-state index contributed by atoms with van der Waals surface area (Å²) in [7, 11) is 0. The quantitative estimate of drug-likeness (QED) is 0.410. The van der Waals surface area contributed by atoms with Crippen molar-refractivity contribution in [2.24, 2.45) is 4.99 Å². The molecule has 61 valence electrons. The van der Waals surface area contributed by atoms with Gasteiger partial charge in [0.25, 0.3) is 0 Å². The molecule has 0 spiro atoms. The van der Waals surface area contributed by atoms with Gasteiger partial charge in [-0.2, -0.15) is 5.92 Å². The Labute approximate surface area is 94.8 Å². The van der Waals surface area contributed by atoms with Crippen LogP contribution in [-0.4, -0.2) is 30.5 Å². The molecule has 0 atom stereocenters. The van der Waals surface area contributed by atoms with Crippen molar-refractivity contribution in [2.75, 3.05) is 0 Å². The summed E-state index contributed by atoms with van der Waals surface area (Å²) in [6.45, 7) is 4.07. The first-order chi connectivity index (χ1) is 5.29. The summed E-state index contributed by atoms with van der Waals surface area (Å²) < 4.78 is 0. The molecule has 0 fully saturated rings. The zero-order chi connectivity index (χ0) is 8.69. The van der Waals surface area contributed by atoms with E-state index in [-0.39, 0.29) is 18.9 Å². The van der Waals surface area contributed by atoms with Crippen molar-refractivity contribution in [3.63, 3.8) is 0 Å². The molecule has 0 aromatic rings. The minimum atomic E-state index is 0. The Kier molecular flexibility index (Phi) is 11.0. The van der Waals surface area contributed by atoms with Crippen molar-refractivity contribution in [3.05, 3.63) is 29.8 Å². The Morgan fingerprint density at radius 3 is 2.67 bits per heavy atom. The van der Waals surface area contributed by atoms with Crippen LogP contribution in [0.1, 0.15) is 13.8 Å². The molecule has 0 amide bonds. The fraction of sp³-hybridized carbons (Fsp3) is 0.222. The number of allylic oxidation sites excluding steroid dienone is 3. The number of nitrogens with zero attached hydrogens (tertiary/aromatic N) is 1. The molecule has 0 saturated carbocycles. The third kappa shape index (κ3) is 6.71. The second kappa shape index (κ2) is 9.11. The molecule has 0 saturated heterocycles. The van der Waals surface area contributed by atoms with E-state index in [0.717, 1.165) is 0 Å². The summed E-state index contributed by atoms with van der Waals surface area (Å²) in [5.74, 6) is 1.20. The van der Waals surface area contributed by atoms with Crippen molar-refractivity contribution in [1.82, 2.24) is 0 Å². The Bertz CT molecular complexity index is 197. The molecular formula is C9H12CrLiN-. The van der Waals surface area contributed by atoms with Crippen LogP contribution >= 0.6 is 0 Å². The van der Waals surface area contributed by atoms with E-state index in [1.807, 2.05) is 26.3 Å². The minimum Gasteiger partial charge on any atom is 0 e. The monoisotopic (exact) mass is 193 g/mol. The van der Waals surface area contributed by atoms with Gasteiger partial charge in [0.15, 0.2) is 0 Å². The van der Waals surface area contributed by atoms with E-state index >= 15 is 0 Å². The Morgan fingerprint density at radius 2 is 2.08 bits per heavy atom. The fourth-order valence-corrected chi connectivity index (χ4v) is 0.621. The van der Waals surface area contributed by atoms with Crippen LogP contribution in [0.4, 0.5) is 0 Å². The van der Waals surface area contributed by atoms with E-state index in [0.29, 0.717) is 0 Å². The van der Waals surface area contributed by atoms with Crippen LogP contribution in [0.5, 0.6) is 0 Å². The molecule has 0 bridgehead atoms. The smallest absolute Gasteiger partial charge is 0 e. The maximum Gasteiger partial charge on any atom is 0 e. The van der Waals surface area contributed by atoms with Crippen LogP contribution < -0.4 is 0 Å². The van der Waals surface area contributed by atoms with Gasteiger partial charge in [-0.15, -0.1) is 12.5 Å². The van der Waals surface area contributed by atoms with Crippen LogP contribution in [0.25, 0.3) is 0 Å². The van der Waals surface area contributed by atoms with Gasteiger partial charge in [-0.3, -0.25) is 4.99 Å². The Balaban J connectivity index is 0. The first-order valence-electron chi connectivity index (χ1n) is 3.29.